The molecule has 1 aromatic rings. The highest BCUT2D eigenvalue weighted by Gasteiger charge is 2.35. The van der Waals surface area contributed by atoms with Gasteiger partial charge in [-0.15, -0.1) is 24.8 Å². The predicted molar refractivity (Wildman–Crippen MR) is 115 cm³/mol. The van der Waals surface area contributed by atoms with Crippen molar-refractivity contribution < 1.29 is 13.6 Å². The standard InChI is InChI=1S/C21H29F2N3O.2ClH/c1-14(19-5-2-16(22)13-20(19)23)25-6-8-26(9-7-25)21(27)12-15-10-17-3-4-18(11-15)24-17;;/h2,5,13-15,17-18,24H,3-4,6-12H2,1H3;2*1H. The summed E-state index contributed by atoms with van der Waals surface area (Å²) in [5, 5.41) is 3.63. The lowest BCUT2D eigenvalue weighted by atomic mass is 9.89. The quantitative estimate of drug-likeness (QED) is 0.755. The molecule has 164 valence electrons. The molecule has 3 aliphatic rings. The number of piperidine rings is 1. The zero-order valence-corrected chi connectivity index (χ0v) is 18.4. The summed E-state index contributed by atoms with van der Waals surface area (Å²) >= 11 is 0. The molecule has 29 heavy (non-hydrogen) atoms. The third-order valence-electron chi connectivity index (χ3n) is 6.66. The van der Waals surface area contributed by atoms with Gasteiger partial charge in [0.05, 0.1) is 0 Å². The lowest BCUT2D eigenvalue weighted by Gasteiger charge is -2.39. The van der Waals surface area contributed by atoms with Crippen molar-refractivity contribution in [3.8, 4) is 0 Å². The molecule has 0 radical (unpaired) electrons. The molecule has 2 bridgehead atoms. The molecule has 3 atom stereocenters. The van der Waals surface area contributed by atoms with Crippen molar-refractivity contribution in [2.45, 2.75) is 57.2 Å². The lowest BCUT2D eigenvalue weighted by molar-refractivity contribution is -0.134. The maximum absolute atomic E-state index is 14.1. The van der Waals surface area contributed by atoms with Crippen LogP contribution in [0.5, 0.6) is 0 Å². The van der Waals surface area contributed by atoms with Gasteiger partial charge in [0.25, 0.3) is 0 Å². The van der Waals surface area contributed by atoms with E-state index in [1.807, 2.05) is 11.8 Å². The Kier molecular flexibility index (Phi) is 8.71. The van der Waals surface area contributed by atoms with Crippen molar-refractivity contribution in [3.05, 3.63) is 35.4 Å². The van der Waals surface area contributed by atoms with Crippen LogP contribution in [0.25, 0.3) is 0 Å². The molecule has 1 amide bonds. The zero-order valence-electron chi connectivity index (χ0n) is 16.8. The van der Waals surface area contributed by atoms with Crippen LogP contribution in [0.2, 0.25) is 0 Å². The summed E-state index contributed by atoms with van der Waals surface area (Å²) in [6.07, 6.45) is 5.43. The fourth-order valence-corrected chi connectivity index (χ4v) is 5.11. The fourth-order valence-electron chi connectivity index (χ4n) is 5.11. The Hall–Kier alpha value is -0.950. The molecule has 3 saturated heterocycles. The van der Waals surface area contributed by atoms with Crippen LogP contribution in [-0.2, 0) is 4.79 Å². The summed E-state index contributed by atoms with van der Waals surface area (Å²) in [6, 6.07) is 4.88. The highest BCUT2D eigenvalue weighted by molar-refractivity contribution is 5.85. The van der Waals surface area contributed by atoms with Crippen molar-refractivity contribution in [1.82, 2.24) is 15.1 Å². The minimum Gasteiger partial charge on any atom is -0.340 e. The third kappa shape index (κ3) is 5.60. The number of carbonyl (C=O) groups excluding carboxylic acids is 1. The summed E-state index contributed by atoms with van der Waals surface area (Å²) in [4.78, 5) is 16.9. The topological polar surface area (TPSA) is 35.6 Å². The largest absolute Gasteiger partial charge is 0.340 e. The molecule has 3 heterocycles. The van der Waals surface area contributed by atoms with Gasteiger partial charge >= 0.3 is 0 Å². The first-order chi connectivity index (χ1) is 13.0. The second kappa shape index (κ2) is 10.4. The number of carbonyl (C=O) groups is 1. The van der Waals surface area contributed by atoms with Crippen LogP contribution in [0.15, 0.2) is 18.2 Å². The molecule has 3 aliphatic heterocycles. The van der Waals surface area contributed by atoms with E-state index in [9.17, 15) is 13.6 Å². The van der Waals surface area contributed by atoms with Gasteiger partial charge in [0.15, 0.2) is 0 Å². The van der Waals surface area contributed by atoms with E-state index in [0.29, 0.717) is 43.1 Å². The summed E-state index contributed by atoms with van der Waals surface area (Å²) in [5.74, 6) is -0.269. The molecule has 1 aromatic carbocycles. The highest BCUT2D eigenvalue weighted by atomic mass is 35.5. The Morgan fingerprint density at radius 3 is 2.31 bits per heavy atom. The minimum atomic E-state index is -0.551. The van der Waals surface area contributed by atoms with Gasteiger partial charge in [-0.2, -0.15) is 0 Å². The van der Waals surface area contributed by atoms with E-state index in [0.717, 1.165) is 32.0 Å². The molecule has 4 rings (SSSR count). The number of nitrogens with zero attached hydrogens (tertiary/aromatic N) is 2. The molecule has 0 aliphatic carbocycles. The van der Waals surface area contributed by atoms with Crippen LogP contribution in [-0.4, -0.2) is 54.0 Å². The summed E-state index contributed by atoms with van der Waals surface area (Å²) in [7, 11) is 0. The number of hydrogen-bond donors (Lipinski definition) is 1. The van der Waals surface area contributed by atoms with Gasteiger partial charge < -0.3 is 10.2 Å². The molecule has 8 heteroatoms. The number of rotatable bonds is 4. The van der Waals surface area contributed by atoms with Crippen LogP contribution in [0.3, 0.4) is 0 Å². The number of fused-ring (bicyclic) bond motifs is 2. The van der Waals surface area contributed by atoms with E-state index < -0.39 is 11.6 Å². The van der Waals surface area contributed by atoms with Gasteiger partial charge in [-0.05, 0) is 44.6 Å². The molecule has 0 aromatic heterocycles. The first kappa shape index (κ1) is 24.3. The normalized spacial score (nSPS) is 27.7. The molecule has 3 fully saturated rings. The number of halogens is 4. The summed E-state index contributed by atoms with van der Waals surface area (Å²) < 4.78 is 27.2. The van der Waals surface area contributed by atoms with Crippen LogP contribution < -0.4 is 5.32 Å². The fraction of sp³-hybridized carbons (Fsp3) is 0.667. The van der Waals surface area contributed by atoms with Gasteiger partial charge in [-0.25, -0.2) is 8.78 Å². The maximum Gasteiger partial charge on any atom is 0.222 e. The highest BCUT2D eigenvalue weighted by Crippen LogP contribution is 2.33. The predicted octanol–water partition coefficient (Wildman–Crippen LogP) is 3.93. The van der Waals surface area contributed by atoms with E-state index in [1.54, 1.807) is 0 Å². The number of hydrogen-bond acceptors (Lipinski definition) is 3. The second-order valence-corrected chi connectivity index (χ2v) is 8.44. The van der Waals surface area contributed by atoms with Gasteiger partial charge in [0.2, 0.25) is 5.91 Å². The maximum atomic E-state index is 14.1. The first-order valence-corrected chi connectivity index (χ1v) is 10.2. The Balaban J connectivity index is 0.00000150. The molecule has 4 nitrogen and oxygen atoms in total. The van der Waals surface area contributed by atoms with Crippen molar-refractivity contribution >= 4 is 30.7 Å². The molecule has 0 spiro atoms. The minimum absolute atomic E-state index is 0. The number of amides is 1. The average molecular weight is 450 g/mol. The molecule has 3 unspecified atom stereocenters. The Morgan fingerprint density at radius 2 is 1.72 bits per heavy atom. The Morgan fingerprint density at radius 1 is 1.10 bits per heavy atom. The van der Waals surface area contributed by atoms with E-state index in [2.05, 4.69) is 10.2 Å². The SMILES string of the molecule is CC(c1ccc(F)cc1F)N1CCN(C(=O)CC2CC3CCC(C2)N3)CC1.Cl.Cl. The first-order valence-electron chi connectivity index (χ1n) is 10.2. The smallest absolute Gasteiger partial charge is 0.222 e. The molecule has 1 N–H and O–H groups in total. The second-order valence-electron chi connectivity index (χ2n) is 8.44. The van der Waals surface area contributed by atoms with Crippen molar-refractivity contribution in [1.29, 1.82) is 0 Å². The monoisotopic (exact) mass is 449 g/mol. The van der Waals surface area contributed by atoms with Crippen molar-refractivity contribution in [2.75, 3.05) is 26.2 Å². The lowest BCUT2D eigenvalue weighted by Crippen LogP contribution is -2.50. The van der Waals surface area contributed by atoms with Gasteiger partial charge in [0, 0.05) is 62.4 Å². The molecule has 0 saturated carbocycles. The number of benzene rings is 1. The van der Waals surface area contributed by atoms with E-state index in [1.165, 1.54) is 25.0 Å². The average Bonchev–Trinajstić information content (AvgIpc) is 2.99. The van der Waals surface area contributed by atoms with E-state index in [4.69, 9.17) is 0 Å². The Bertz CT molecular complexity index is 689. The van der Waals surface area contributed by atoms with E-state index >= 15 is 0 Å². The third-order valence-corrected chi connectivity index (χ3v) is 6.66. The molecular formula is C21H31Cl2F2N3O. The molecular weight excluding hydrogens is 419 g/mol. The van der Waals surface area contributed by atoms with E-state index in [-0.39, 0.29) is 36.8 Å². The van der Waals surface area contributed by atoms with Crippen LogP contribution in [0, 0.1) is 17.6 Å². The summed E-state index contributed by atoms with van der Waals surface area (Å²) in [5.41, 5.74) is 0.515. The van der Waals surface area contributed by atoms with Crippen LogP contribution >= 0.6 is 24.8 Å². The zero-order chi connectivity index (χ0) is 19.0. The van der Waals surface area contributed by atoms with Gasteiger partial charge in [0.1, 0.15) is 11.6 Å². The number of piperazine rings is 1. The summed E-state index contributed by atoms with van der Waals surface area (Å²) in [6.45, 7) is 4.76. The number of nitrogens with one attached hydrogen (secondary N) is 1. The van der Waals surface area contributed by atoms with Crippen LogP contribution in [0.1, 0.15) is 50.6 Å². The van der Waals surface area contributed by atoms with Gasteiger partial charge in [-0.1, -0.05) is 6.07 Å². The van der Waals surface area contributed by atoms with Crippen molar-refractivity contribution in [3.63, 3.8) is 0 Å². The Labute approximate surface area is 184 Å². The van der Waals surface area contributed by atoms with Gasteiger partial charge in [-0.3, -0.25) is 9.69 Å². The van der Waals surface area contributed by atoms with Crippen molar-refractivity contribution in [2.24, 2.45) is 5.92 Å². The van der Waals surface area contributed by atoms with Crippen LogP contribution in [0.4, 0.5) is 8.78 Å².